The fraction of sp³-hybridized carbons (Fsp3) is 0.136. The van der Waals surface area contributed by atoms with Crippen molar-refractivity contribution in [2.45, 2.75) is 18.2 Å². The first-order valence-electron chi connectivity index (χ1n) is 8.50. The normalized spacial score (nSPS) is 13.6. The highest BCUT2D eigenvalue weighted by Gasteiger charge is 2.56. The molecule has 3 aromatic rings. The molecule has 0 saturated carbocycles. The van der Waals surface area contributed by atoms with Gasteiger partial charge >= 0.3 is 12.1 Å². The average molecular weight is 386 g/mol. The smallest absolute Gasteiger partial charge is 0.422 e. The van der Waals surface area contributed by atoms with Gasteiger partial charge in [-0.3, -0.25) is 4.79 Å². The lowest BCUT2D eigenvalue weighted by atomic mass is 9.88. The Kier molecular flexibility index (Phi) is 5.51. The first kappa shape index (κ1) is 19.6. The number of carbonyl (C=O) groups excluding carboxylic acids is 1. The first-order valence-corrected chi connectivity index (χ1v) is 8.50. The van der Waals surface area contributed by atoms with Crippen LogP contribution in [0, 0.1) is 0 Å². The number of benzene rings is 3. The molecule has 3 nitrogen and oxygen atoms in total. The molecule has 0 spiro atoms. The van der Waals surface area contributed by atoms with Crippen molar-refractivity contribution in [3.8, 4) is 16.9 Å². The lowest BCUT2D eigenvalue weighted by molar-refractivity contribution is -0.268. The summed E-state index contributed by atoms with van der Waals surface area (Å²) in [6.45, 7) is 0. The second-order valence-electron chi connectivity index (χ2n) is 6.27. The second-order valence-corrected chi connectivity index (χ2v) is 6.27. The summed E-state index contributed by atoms with van der Waals surface area (Å²) < 4.78 is 45.9. The zero-order valence-electron chi connectivity index (χ0n) is 14.7. The van der Waals surface area contributed by atoms with Gasteiger partial charge in [0.15, 0.2) is 5.60 Å². The van der Waals surface area contributed by atoms with E-state index in [4.69, 9.17) is 4.74 Å². The number of esters is 1. The van der Waals surface area contributed by atoms with Crippen molar-refractivity contribution >= 4 is 5.97 Å². The maximum absolute atomic E-state index is 13.7. The van der Waals surface area contributed by atoms with E-state index >= 15 is 0 Å². The molecule has 6 heteroatoms. The van der Waals surface area contributed by atoms with Gasteiger partial charge in [0.25, 0.3) is 0 Å². The van der Waals surface area contributed by atoms with E-state index in [1.165, 1.54) is 36.4 Å². The van der Waals surface area contributed by atoms with Gasteiger partial charge < -0.3 is 9.84 Å². The van der Waals surface area contributed by atoms with Gasteiger partial charge in [-0.1, -0.05) is 72.8 Å². The van der Waals surface area contributed by atoms with Crippen molar-refractivity contribution in [1.82, 2.24) is 0 Å². The molecule has 0 aliphatic carbocycles. The van der Waals surface area contributed by atoms with Gasteiger partial charge in [-0.2, -0.15) is 13.2 Å². The maximum atomic E-state index is 13.7. The minimum atomic E-state index is -5.06. The molecule has 3 aromatic carbocycles. The van der Waals surface area contributed by atoms with Crippen molar-refractivity contribution < 1.29 is 27.8 Å². The second kappa shape index (κ2) is 7.86. The van der Waals surface area contributed by atoms with Crippen LogP contribution in [0.4, 0.5) is 13.2 Å². The molecule has 0 aliphatic rings. The van der Waals surface area contributed by atoms with Crippen molar-refractivity contribution in [2.24, 2.45) is 0 Å². The summed E-state index contributed by atoms with van der Waals surface area (Å²) in [5, 5.41) is 10.4. The summed E-state index contributed by atoms with van der Waals surface area (Å²) in [6.07, 6.45) is -6.31. The summed E-state index contributed by atoms with van der Waals surface area (Å²) in [5.74, 6) is -1.07. The molecule has 28 heavy (non-hydrogen) atoms. The van der Waals surface area contributed by atoms with E-state index in [-0.39, 0.29) is 5.75 Å². The molecule has 0 heterocycles. The molecule has 0 aromatic heterocycles. The van der Waals surface area contributed by atoms with E-state index < -0.39 is 29.7 Å². The summed E-state index contributed by atoms with van der Waals surface area (Å²) in [7, 11) is 0. The molecule has 1 unspecified atom stereocenters. The van der Waals surface area contributed by atoms with Crippen LogP contribution < -0.4 is 4.74 Å². The van der Waals surface area contributed by atoms with Crippen LogP contribution in [-0.4, -0.2) is 17.3 Å². The number of hydrogen-bond acceptors (Lipinski definition) is 3. The van der Waals surface area contributed by atoms with Gasteiger partial charge in [-0.25, -0.2) is 0 Å². The molecule has 0 radical (unpaired) electrons. The van der Waals surface area contributed by atoms with E-state index in [1.807, 2.05) is 30.3 Å². The fourth-order valence-corrected chi connectivity index (χ4v) is 2.80. The zero-order chi connectivity index (χ0) is 20.2. The summed E-state index contributed by atoms with van der Waals surface area (Å²) in [5.41, 5.74) is -2.26. The van der Waals surface area contributed by atoms with Crippen LogP contribution in [0.1, 0.15) is 12.0 Å². The Labute approximate surface area is 160 Å². The molecule has 3 rings (SSSR count). The molecular weight excluding hydrogens is 369 g/mol. The van der Waals surface area contributed by atoms with Gasteiger partial charge in [0, 0.05) is 0 Å². The van der Waals surface area contributed by atoms with Crippen molar-refractivity contribution in [3.63, 3.8) is 0 Å². The number of aliphatic hydroxyl groups is 1. The molecular formula is C22H17F3O3. The van der Waals surface area contributed by atoms with E-state index in [2.05, 4.69) is 0 Å². The number of rotatable bonds is 5. The van der Waals surface area contributed by atoms with E-state index in [0.29, 0.717) is 5.56 Å². The summed E-state index contributed by atoms with van der Waals surface area (Å²) >= 11 is 0. The average Bonchev–Trinajstić information content (AvgIpc) is 2.68. The number of hydrogen-bond donors (Lipinski definition) is 1. The highest BCUT2D eigenvalue weighted by molar-refractivity contribution is 5.74. The largest absolute Gasteiger partial charge is 0.426 e. The number of halogens is 3. The van der Waals surface area contributed by atoms with Crippen molar-refractivity contribution in [2.75, 3.05) is 0 Å². The third kappa shape index (κ3) is 4.23. The van der Waals surface area contributed by atoms with Gasteiger partial charge in [0.2, 0.25) is 0 Å². The molecule has 0 saturated heterocycles. The van der Waals surface area contributed by atoms with Crippen LogP contribution in [0.2, 0.25) is 0 Å². The highest BCUT2D eigenvalue weighted by Crippen LogP contribution is 2.42. The van der Waals surface area contributed by atoms with Gasteiger partial charge in [-0.15, -0.1) is 0 Å². The van der Waals surface area contributed by atoms with Crippen LogP contribution in [0.5, 0.6) is 5.75 Å². The van der Waals surface area contributed by atoms with Gasteiger partial charge in [0.05, 0.1) is 6.42 Å². The summed E-state index contributed by atoms with van der Waals surface area (Å²) in [4.78, 5) is 12.1. The van der Waals surface area contributed by atoms with Crippen molar-refractivity contribution in [1.29, 1.82) is 0 Å². The molecule has 144 valence electrons. The highest BCUT2D eigenvalue weighted by atomic mass is 19.4. The molecule has 1 atom stereocenters. The minimum absolute atomic E-state index is 0.108. The lowest BCUT2D eigenvalue weighted by Gasteiger charge is -2.30. The van der Waals surface area contributed by atoms with Crippen LogP contribution >= 0.6 is 0 Å². The van der Waals surface area contributed by atoms with Gasteiger partial charge in [-0.05, 0) is 28.8 Å². The number of carbonyl (C=O) groups is 1. The third-order valence-electron chi connectivity index (χ3n) is 4.31. The Morgan fingerprint density at radius 1 is 0.786 bits per heavy atom. The fourth-order valence-electron chi connectivity index (χ4n) is 2.80. The Morgan fingerprint density at radius 2 is 1.29 bits per heavy atom. The van der Waals surface area contributed by atoms with Crippen molar-refractivity contribution in [3.05, 3.63) is 90.5 Å². The van der Waals surface area contributed by atoms with E-state index in [1.54, 1.807) is 18.2 Å². The Morgan fingerprint density at radius 3 is 1.82 bits per heavy atom. The number of para-hydroxylation sites is 1. The molecule has 1 N–H and O–H groups in total. The van der Waals surface area contributed by atoms with Crippen LogP contribution in [0.3, 0.4) is 0 Å². The van der Waals surface area contributed by atoms with Gasteiger partial charge in [0.1, 0.15) is 5.75 Å². The zero-order valence-corrected chi connectivity index (χ0v) is 14.7. The Hall–Kier alpha value is -3.12. The third-order valence-corrected chi connectivity index (χ3v) is 4.31. The van der Waals surface area contributed by atoms with Crippen LogP contribution in [-0.2, 0) is 10.4 Å². The first-order chi connectivity index (χ1) is 13.3. The Balaban J connectivity index is 1.86. The minimum Gasteiger partial charge on any atom is -0.426 e. The monoisotopic (exact) mass is 386 g/mol. The molecule has 0 fully saturated rings. The number of ether oxygens (including phenoxy) is 1. The quantitative estimate of drug-likeness (QED) is 0.490. The Bertz CT molecular complexity index is 923. The predicted molar refractivity (Wildman–Crippen MR) is 98.5 cm³/mol. The van der Waals surface area contributed by atoms with Crippen LogP contribution in [0.15, 0.2) is 84.9 Å². The summed E-state index contributed by atoms with van der Waals surface area (Å²) in [6, 6.07) is 22.1. The van der Waals surface area contributed by atoms with E-state index in [9.17, 15) is 23.1 Å². The molecule has 0 aliphatic heterocycles. The molecule has 0 bridgehead atoms. The van der Waals surface area contributed by atoms with Crippen LogP contribution in [0.25, 0.3) is 11.1 Å². The standard InChI is InChI=1S/C22H17F3O3/c23-22(24,25)21(27,15-20(26)28-19-9-5-2-6-10-19)18-13-11-17(12-14-18)16-7-3-1-4-8-16/h1-14,27H,15H2. The van der Waals surface area contributed by atoms with E-state index in [0.717, 1.165) is 5.56 Å². The topological polar surface area (TPSA) is 46.5 Å². The number of alkyl halides is 3. The predicted octanol–water partition coefficient (Wildman–Crippen LogP) is 5.10. The molecule has 0 amide bonds. The SMILES string of the molecule is O=C(CC(O)(c1ccc(-c2ccccc2)cc1)C(F)(F)F)Oc1ccccc1. The maximum Gasteiger partial charge on any atom is 0.422 e. The lowest BCUT2D eigenvalue weighted by Crippen LogP contribution is -2.44.